The molecule has 1 aromatic carbocycles. The second-order valence-corrected chi connectivity index (χ2v) is 5.55. The molecule has 0 aliphatic carbocycles. The minimum absolute atomic E-state index is 0.721. The van der Waals surface area contributed by atoms with Crippen LogP contribution in [0.3, 0.4) is 0 Å². The van der Waals surface area contributed by atoms with E-state index in [4.69, 9.17) is 5.84 Å². The van der Waals surface area contributed by atoms with Crippen LogP contribution in [0.4, 0.5) is 5.82 Å². The third-order valence-electron chi connectivity index (χ3n) is 2.98. The predicted octanol–water partition coefficient (Wildman–Crippen LogP) is 3.32. The lowest BCUT2D eigenvalue weighted by molar-refractivity contribution is 0.802. The molecule has 0 bridgehead atoms. The molecule has 106 valence electrons. The molecule has 3 N–H and O–H groups in total. The third kappa shape index (κ3) is 3.71. The van der Waals surface area contributed by atoms with E-state index >= 15 is 0 Å². The fraction of sp³-hybridized carbons (Fsp3) is 0.333. The van der Waals surface area contributed by atoms with Crippen LogP contribution >= 0.6 is 11.8 Å². The lowest BCUT2D eigenvalue weighted by Crippen LogP contribution is -2.13. The number of anilines is 1. The van der Waals surface area contributed by atoms with Crippen LogP contribution in [0.1, 0.15) is 30.3 Å². The van der Waals surface area contributed by atoms with Gasteiger partial charge >= 0.3 is 0 Å². The van der Waals surface area contributed by atoms with E-state index in [0.29, 0.717) is 0 Å². The van der Waals surface area contributed by atoms with Crippen LogP contribution in [0.15, 0.2) is 35.4 Å². The maximum absolute atomic E-state index is 5.54. The van der Waals surface area contributed by atoms with Gasteiger partial charge in [0.2, 0.25) is 0 Å². The van der Waals surface area contributed by atoms with Gasteiger partial charge in [-0.15, -0.1) is 11.8 Å². The van der Waals surface area contributed by atoms with Gasteiger partial charge in [0.05, 0.1) is 0 Å². The first-order chi connectivity index (χ1) is 9.74. The average molecular weight is 288 g/mol. The maximum Gasteiger partial charge on any atom is 0.147 e. The van der Waals surface area contributed by atoms with Crippen molar-refractivity contribution in [2.24, 2.45) is 5.84 Å². The van der Waals surface area contributed by atoms with Crippen LogP contribution in [0.5, 0.6) is 0 Å². The molecular weight excluding hydrogens is 268 g/mol. The summed E-state index contributed by atoms with van der Waals surface area (Å²) < 4.78 is 0. The van der Waals surface area contributed by atoms with Crippen LogP contribution < -0.4 is 11.3 Å². The van der Waals surface area contributed by atoms with Gasteiger partial charge in [0.15, 0.2) is 0 Å². The molecule has 2 aromatic rings. The highest BCUT2D eigenvalue weighted by atomic mass is 32.2. The Labute approximate surface area is 124 Å². The van der Waals surface area contributed by atoms with Crippen molar-refractivity contribution in [3.8, 4) is 0 Å². The highest BCUT2D eigenvalue weighted by molar-refractivity contribution is 7.98. The van der Waals surface area contributed by atoms with Crippen molar-refractivity contribution in [2.75, 3.05) is 5.43 Å². The van der Waals surface area contributed by atoms with E-state index in [2.05, 4.69) is 46.6 Å². The van der Waals surface area contributed by atoms with Crippen LogP contribution in [0, 0.1) is 6.92 Å². The van der Waals surface area contributed by atoms with Crippen LogP contribution in [0.2, 0.25) is 0 Å². The summed E-state index contributed by atoms with van der Waals surface area (Å²) in [5.41, 5.74) is 4.96. The topological polar surface area (TPSA) is 63.8 Å². The number of nitrogens with zero attached hydrogens (tertiary/aromatic N) is 2. The lowest BCUT2D eigenvalue weighted by Gasteiger charge is -2.11. The van der Waals surface area contributed by atoms with Crippen molar-refractivity contribution >= 4 is 17.6 Å². The number of aryl methyl sites for hydroxylation is 1. The Balaban J connectivity index is 2.19. The SMILES string of the molecule is CCCc1nc(NN)c(C)c(SCc2ccccc2)n1. The van der Waals surface area contributed by atoms with E-state index < -0.39 is 0 Å². The normalized spacial score (nSPS) is 10.6. The van der Waals surface area contributed by atoms with Crippen molar-refractivity contribution in [2.45, 2.75) is 37.5 Å². The number of nitrogen functional groups attached to an aromatic ring is 1. The Kier molecular flexibility index (Phi) is 5.38. The van der Waals surface area contributed by atoms with Gasteiger partial charge in [-0.1, -0.05) is 37.3 Å². The molecule has 0 saturated heterocycles. The average Bonchev–Trinajstić information content (AvgIpc) is 2.48. The fourth-order valence-corrected chi connectivity index (χ4v) is 2.86. The summed E-state index contributed by atoms with van der Waals surface area (Å²) in [5, 5.41) is 1.00. The van der Waals surface area contributed by atoms with E-state index in [1.807, 2.05) is 13.0 Å². The number of benzene rings is 1. The molecule has 0 spiro atoms. The Morgan fingerprint density at radius 2 is 1.95 bits per heavy atom. The monoisotopic (exact) mass is 288 g/mol. The molecule has 0 fully saturated rings. The molecular formula is C15H20N4S. The predicted molar refractivity (Wildman–Crippen MR) is 84.6 cm³/mol. The molecule has 0 aliphatic heterocycles. The van der Waals surface area contributed by atoms with Crippen molar-refractivity contribution in [3.05, 3.63) is 47.3 Å². The van der Waals surface area contributed by atoms with E-state index in [9.17, 15) is 0 Å². The molecule has 0 atom stereocenters. The number of aromatic nitrogens is 2. The van der Waals surface area contributed by atoms with Gasteiger partial charge in [0, 0.05) is 17.7 Å². The highest BCUT2D eigenvalue weighted by Gasteiger charge is 2.10. The molecule has 2 rings (SSSR count). The second kappa shape index (κ2) is 7.26. The lowest BCUT2D eigenvalue weighted by atomic mass is 10.2. The number of hydrazine groups is 1. The van der Waals surface area contributed by atoms with E-state index in [0.717, 1.165) is 40.8 Å². The molecule has 5 heteroatoms. The zero-order valence-corrected chi connectivity index (χ0v) is 12.7. The summed E-state index contributed by atoms with van der Waals surface area (Å²) in [4.78, 5) is 9.08. The molecule has 20 heavy (non-hydrogen) atoms. The van der Waals surface area contributed by atoms with Gasteiger partial charge in [0.25, 0.3) is 0 Å². The van der Waals surface area contributed by atoms with Gasteiger partial charge in [-0.05, 0) is 18.9 Å². The van der Waals surface area contributed by atoms with Gasteiger partial charge in [0.1, 0.15) is 16.7 Å². The van der Waals surface area contributed by atoms with Gasteiger partial charge in [-0.25, -0.2) is 15.8 Å². The van der Waals surface area contributed by atoms with Gasteiger partial charge in [-0.2, -0.15) is 0 Å². The molecule has 0 saturated carbocycles. The summed E-state index contributed by atoms with van der Waals surface area (Å²) in [6.07, 6.45) is 1.89. The highest BCUT2D eigenvalue weighted by Crippen LogP contribution is 2.27. The number of nitrogens with two attached hydrogens (primary N) is 1. The zero-order valence-electron chi connectivity index (χ0n) is 11.9. The molecule has 0 amide bonds. The van der Waals surface area contributed by atoms with E-state index in [1.165, 1.54) is 5.56 Å². The zero-order chi connectivity index (χ0) is 14.4. The third-order valence-corrected chi connectivity index (χ3v) is 4.12. The summed E-state index contributed by atoms with van der Waals surface area (Å²) in [7, 11) is 0. The molecule has 0 unspecified atom stereocenters. The molecule has 0 aliphatic rings. The summed E-state index contributed by atoms with van der Waals surface area (Å²) in [6.45, 7) is 4.12. The van der Waals surface area contributed by atoms with E-state index in [-0.39, 0.29) is 0 Å². The molecule has 4 nitrogen and oxygen atoms in total. The fourth-order valence-electron chi connectivity index (χ4n) is 1.88. The Morgan fingerprint density at radius 1 is 1.20 bits per heavy atom. The summed E-state index contributed by atoms with van der Waals surface area (Å²) >= 11 is 1.72. The molecule has 1 heterocycles. The van der Waals surface area contributed by atoms with Crippen molar-refractivity contribution in [1.82, 2.24) is 9.97 Å². The minimum atomic E-state index is 0.721. The maximum atomic E-state index is 5.54. The molecule has 1 aromatic heterocycles. The Hall–Kier alpha value is -1.59. The van der Waals surface area contributed by atoms with Gasteiger partial charge < -0.3 is 5.43 Å². The van der Waals surface area contributed by atoms with Crippen molar-refractivity contribution < 1.29 is 0 Å². The van der Waals surface area contributed by atoms with E-state index in [1.54, 1.807) is 11.8 Å². The number of hydrogen-bond donors (Lipinski definition) is 2. The first kappa shape index (κ1) is 14.8. The van der Waals surface area contributed by atoms with Crippen LogP contribution in [0.25, 0.3) is 0 Å². The summed E-state index contributed by atoms with van der Waals surface area (Å²) in [6, 6.07) is 10.4. The number of thioether (sulfide) groups is 1. The Morgan fingerprint density at radius 3 is 2.60 bits per heavy atom. The van der Waals surface area contributed by atoms with Gasteiger partial charge in [-0.3, -0.25) is 0 Å². The largest absolute Gasteiger partial charge is 0.308 e. The quantitative estimate of drug-likeness (QED) is 0.369. The van der Waals surface area contributed by atoms with Crippen LogP contribution in [-0.4, -0.2) is 9.97 Å². The molecule has 0 radical (unpaired) electrons. The smallest absolute Gasteiger partial charge is 0.147 e. The summed E-state index contributed by atoms with van der Waals surface area (Å²) in [5.74, 6) is 8.01. The second-order valence-electron chi connectivity index (χ2n) is 4.59. The number of rotatable bonds is 6. The van der Waals surface area contributed by atoms with Crippen LogP contribution in [-0.2, 0) is 12.2 Å². The Bertz CT molecular complexity index is 557. The number of nitrogens with one attached hydrogen (secondary N) is 1. The first-order valence-electron chi connectivity index (χ1n) is 6.75. The first-order valence-corrected chi connectivity index (χ1v) is 7.74. The van der Waals surface area contributed by atoms with Crippen molar-refractivity contribution in [3.63, 3.8) is 0 Å². The standard InChI is InChI=1S/C15H20N4S/c1-3-7-13-17-14(19-16)11(2)15(18-13)20-10-12-8-5-4-6-9-12/h4-6,8-9H,3,7,10,16H2,1-2H3,(H,17,18,19). The minimum Gasteiger partial charge on any atom is -0.308 e. The van der Waals surface area contributed by atoms with Crippen molar-refractivity contribution in [1.29, 1.82) is 0 Å². The number of hydrogen-bond acceptors (Lipinski definition) is 5.